The minimum atomic E-state index is -0.503. The monoisotopic (exact) mass is 331 g/mol. The molecule has 2 fully saturated rings. The van der Waals surface area contributed by atoms with Gasteiger partial charge >= 0.3 is 0 Å². The number of anilines is 1. The SMILES string of the molecule is COCCN1C(=O)CC[C@]2(C(=O)Nc3ccccn3)CCCC[C@@H]12. The van der Waals surface area contributed by atoms with Gasteiger partial charge in [0.2, 0.25) is 11.8 Å². The van der Waals surface area contributed by atoms with Crippen molar-refractivity contribution in [3.05, 3.63) is 24.4 Å². The van der Waals surface area contributed by atoms with Gasteiger partial charge in [0.05, 0.1) is 12.0 Å². The van der Waals surface area contributed by atoms with E-state index in [1.165, 1.54) is 0 Å². The topological polar surface area (TPSA) is 71.5 Å². The van der Waals surface area contributed by atoms with Crippen LogP contribution in [0.3, 0.4) is 0 Å². The molecule has 0 spiro atoms. The van der Waals surface area contributed by atoms with E-state index < -0.39 is 5.41 Å². The van der Waals surface area contributed by atoms with E-state index in [0.29, 0.717) is 31.8 Å². The first-order chi connectivity index (χ1) is 11.7. The van der Waals surface area contributed by atoms with Crippen molar-refractivity contribution in [1.82, 2.24) is 9.88 Å². The van der Waals surface area contributed by atoms with Crippen LogP contribution in [0.5, 0.6) is 0 Å². The van der Waals surface area contributed by atoms with Crippen LogP contribution in [-0.2, 0) is 14.3 Å². The number of pyridine rings is 1. The molecular formula is C18H25N3O3. The number of rotatable bonds is 5. The van der Waals surface area contributed by atoms with Crippen LogP contribution in [0.2, 0.25) is 0 Å². The van der Waals surface area contributed by atoms with Gasteiger partial charge in [-0.25, -0.2) is 4.98 Å². The largest absolute Gasteiger partial charge is 0.383 e. The van der Waals surface area contributed by atoms with E-state index in [1.54, 1.807) is 19.4 Å². The van der Waals surface area contributed by atoms with Gasteiger partial charge in [-0.2, -0.15) is 0 Å². The predicted molar refractivity (Wildman–Crippen MR) is 90.4 cm³/mol. The molecular weight excluding hydrogens is 306 g/mol. The summed E-state index contributed by atoms with van der Waals surface area (Å²) in [5.74, 6) is 0.711. The van der Waals surface area contributed by atoms with E-state index in [2.05, 4.69) is 10.3 Å². The van der Waals surface area contributed by atoms with Gasteiger partial charge in [0, 0.05) is 32.3 Å². The van der Waals surface area contributed by atoms with E-state index in [9.17, 15) is 9.59 Å². The van der Waals surface area contributed by atoms with E-state index in [4.69, 9.17) is 4.74 Å². The number of hydrogen-bond acceptors (Lipinski definition) is 4. The molecule has 1 aromatic rings. The fourth-order valence-corrected chi connectivity index (χ4v) is 4.14. The zero-order valence-electron chi connectivity index (χ0n) is 14.2. The van der Waals surface area contributed by atoms with E-state index in [-0.39, 0.29) is 17.9 Å². The van der Waals surface area contributed by atoms with Gasteiger partial charge in [-0.05, 0) is 31.4 Å². The molecule has 2 atom stereocenters. The van der Waals surface area contributed by atoms with E-state index >= 15 is 0 Å². The normalized spacial score (nSPS) is 26.8. The lowest BCUT2D eigenvalue weighted by molar-refractivity contribution is -0.153. The highest BCUT2D eigenvalue weighted by atomic mass is 16.5. The molecule has 1 aliphatic carbocycles. The van der Waals surface area contributed by atoms with Gasteiger partial charge in [-0.15, -0.1) is 0 Å². The van der Waals surface area contributed by atoms with Crippen LogP contribution in [0.4, 0.5) is 5.82 Å². The zero-order chi connectivity index (χ0) is 17.0. The highest BCUT2D eigenvalue weighted by Crippen LogP contribution is 2.47. The lowest BCUT2D eigenvalue weighted by Gasteiger charge is -2.51. The molecule has 1 aromatic heterocycles. The van der Waals surface area contributed by atoms with Crippen molar-refractivity contribution in [2.75, 3.05) is 25.6 Å². The molecule has 1 saturated carbocycles. The van der Waals surface area contributed by atoms with Crippen LogP contribution in [0.25, 0.3) is 0 Å². The molecule has 2 aliphatic rings. The minimum Gasteiger partial charge on any atom is -0.383 e. The summed E-state index contributed by atoms with van der Waals surface area (Å²) in [7, 11) is 1.64. The maximum Gasteiger partial charge on any atom is 0.233 e. The number of fused-ring (bicyclic) bond motifs is 1. The Morgan fingerprint density at radius 2 is 2.29 bits per heavy atom. The second-order valence-corrected chi connectivity index (χ2v) is 6.67. The Kier molecular flexibility index (Phi) is 5.14. The number of piperidine rings is 1. The summed E-state index contributed by atoms with van der Waals surface area (Å²) in [4.78, 5) is 31.6. The standard InChI is InChI=1S/C18H25N3O3/c1-24-13-12-21-14-6-2-4-9-18(14,10-8-16(21)22)17(23)20-15-7-3-5-11-19-15/h3,5,7,11,14H,2,4,6,8-10,12-13H2,1H3,(H,19,20,23)/t14-,18-/m1/s1. The molecule has 1 saturated heterocycles. The Bertz CT molecular complexity index is 592. The second kappa shape index (κ2) is 7.30. The number of amides is 2. The number of aromatic nitrogens is 1. The summed E-state index contributed by atoms with van der Waals surface area (Å²) in [5.41, 5.74) is -0.503. The summed E-state index contributed by atoms with van der Waals surface area (Å²) >= 11 is 0. The van der Waals surface area contributed by atoms with Gasteiger partial charge in [0.1, 0.15) is 5.82 Å². The molecule has 130 valence electrons. The highest BCUT2D eigenvalue weighted by molar-refractivity contribution is 5.96. The van der Waals surface area contributed by atoms with Crippen LogP contribution in [0.1, 0.15) is 38.5 Å². The van der Waals surface area contributed by atoms with Gasteiger partial charge < -0.3 is 15.0 Å². The summed E-state index contributed by atoms with van der Waals surface area (Å²) < 4.78 is 5.16. The third-order valence-corrected chi connectivity index (χ3v) is 5.36. The van der Waals surface area contributed by atoms with Crippen LogP contribution in [-0.4, -0.2) is 48.0 Å². The number of ether oxygens (including phenoxy) is 1. The van der Waals surface area contributed by atoms with Crippen molar-refractivity contribution in [3.8, 4) is 0 Å². The van der Waals surface area contributed by atoms with Crippen molar-refractivity contribution in [2.24, 2.45) is 5.41 Å². The van der Waals surface area contributed by atoms with Crippen LogP contribution >= 0.6 is 0 Å². The van der Waals surface area contributed by atoms with Crippen molar-refractivity contribution in [3.63, 3.8) is 0 Å². The van der Waals surface area contributed by atoms with Crippen LogP contribution < -0.4 is 5.32 Å². The number of nitrogens with zero attached hydrogens (tertiary/aromatic N) is 2. The molecule has 24 heavy (non-hydrogen) atoms. The average Bonchev–Trinajstić information content (AvgIpc) is 2.62. The Hall–Kier alpha value is -1.95. The average molecular weight is 331 g/mol. The number of likely N-dealkylation sites (tertiary alicyclic amines) is 1. The molecule has 0 aromatic carbocycles. The molecule has 3 rings (SSSR count). The molecule has 6 nitrogen and oxygen atoms in total. The highest BCUT2D eigenvalue weighted by Gasteiger charge is 2.53. The number of methoxy groups -OCH3 is 1. The van der Waals surface area contributed by atoms with Gasteiger partial charge in [-0.3, -0.25) is 9.59 Å². The Labute approximate surface area is 142 Å². The third kappa shape index (κ3) is 3.15. The number of carbonyl (C=O) groups excluding carboxylic acids is 2. The smallest absolute Gasteiger partial charge is 0.233 e. The molecule has 0 radical (unpaired) electrons. The van der Waals surface area contributed by atoms with Crippen LogP contribution in [0, 0.1) is 5.41 Å². The molecule has 2 amide bonds. The van der Waals surface area contributed by atoms with Gasteiger partial charge in [0.15, 0.2) is 0 Å². The van der Waals surface area contributed by atoms with Crippen molar-refractivity contribution < 1.29 is 14.3 Å². The van der Waals surface area contributed by atoms with Crippen molar-refractivity contribution in [1.29, 1.82) is 0 Å². The summed E-state index contributed by atoms with van der Waals surface area (Å²) in [6.45, 7) is 1.05. The van der Waals surface area contributed by atoms with E-state index in [1.807, 2.05) is 17.0 Å². The predicted octanol–water partition coefficient (Wildman–Crippen LogP) is 2.22. The maximum absolute atomic E-state index is 13.1. The lowest BCUT2D eigenvalue weighted by atomic mass is 9.64. The Balaban J connectivity index is 1.84. The summed E-state index contributed by atoms with van der Waals surface area (Å²) in [6, 6.07) is 5.44. The van der Waals surface area contributed by atoms with Crippen molar-refractivity contribution in [2.45, 2.75) is 44.6 Å². The quantitative estimate of drug-likeness (QED) is 0.898. The maximum atomic E-state index is 13.1. The van der Waals surface area contributed by atoms with Gasteiger partial charge in [-0.1, -0.05) is 18.9 Å². The molecule has 2 heterocycles. The molecule has 1 aliphatic heterocycles. The summed E-state index contributed by atoms with van der Waals surface area (Å²) in [5, 5.41) is 2.97. The Morgan fingerprint density at radius 1 is 1.42 bits per heavy atom. The van der Waals surface area contributed by atoms with Crippen LogP contribution in [0.15, 0.2) is 24.4 Å². The van der Waals surface area contributed by atoms with Gasteiger partial charge in [0.25, 0.3) is 0 Å². The first kappa shape index (κ1) is 16.9. The molecule has 1 N–H and O–H groups in total. The first-order valence-electron chi connectivity index (χ1n) is 8.68. The lowest BCUT2D eigenvalue weighted by Crippen LogP contribution is -2.61. The molecule has 0 unspecified atom stereocenters. The number of carbonyl (C=O) groups is 2. The number of hydrogen-bond donors (Lipinski definition) is 1. The van der Waals surface area contributed by atoms with Crippen molar-refractivity contribution >= 4 is 17.6 Å². The summed E-state index contributed by atoms with van der Waals surface area (Å²) in [6.07, 6.45) is 6.51. The fourth-order valence-electron chi connectivity index (χ4n) is 4.14. The first-order valence-corrected chi connectivity index (χ1v) is 8.68. The molecule has 0 bridgehead atoms. The van der Waals surface area contributed by atoms with E-state index in [0.717, 1.165) is 25.7 Å². The number of nitrogens with one attached hydrogen (secondary N) is 1. The zero-order valence-corrected chi connectivity index (χ0v) is 14.2. The third-order valence-electron chi connectivity index (χ3n) is 5.36. The Morgan fingerprint density at radius 3 is 3.04 bits per heavy atom. The minimum absolute atomic E-state index is 0.000756. The fraction of sp³-hybridized carbons (Fsp3) is 0.611. The molecule has 6 heteroatoms. The second-order valence-electron chi connectivity index (χ2n) is 6.67.